The molecule has 0 amide bonds. The van der Waals surface area contributed by atoms with Crippen LogP contribution in [-0.4, -0.2) is 6.54 Å². The van der Waals surface area contributed by atoms with E-state index in [0.717, 1.165) is 44.9 Å². The van der Waals surface area contributed by atoms with Crippen LogP contribution in [0.4, 0.5) is 0 Å². The summed E-state index contributed by atoms with van der Waals surface area (Å²) in [6, 6.07) is 18.1. The SMILES string of the molecule is CCC(C)(CC)c1ccc(C(C#CC(CC)(CC)c2ccc(C(CC)(CC)SC#N)cc2)(CC)CN)cc1. The molecule has 0 radical (unpaired) electrons. The third kappa shape index (κ3) is 6.17. The van der Waals surface area contributed by atoms with E-state index in [2.05, 4.69) is 121 Å². The van der Waals surface area contributed by atoms with Gasteiger partial charge in [0.05, 0.1) is 15.6 Å². The van der Waals surface area contributed by atoms with Crippen molar-refractivity contribution < 1.29 is 0 Å². The van der Waals surface area contributed by atoms with Crippen LogP contribution in [0.15, 0.2) is 48.5 Å². The number of benzene rings is 2. The van der Waals surface area contributed by atoms with E-state index in [1.54, 1.807) is 0 Å². The van der Waals surface area contributed by atoms with E-state index in [9.17, 15) is 5.26 Å². The van der Waals surface area contributed by atoms with Crippen molar-refractivity contribution in [1.29, 1.82) is 5.26 Å². The van der Waals surface area contributed by atoms with Gasteiger partial charge in [-0.3, -0.25) is 0 Å². The molecule has 0 saturated carbocycles. The highest BCUT2D eigenvalue weighted by Crippen LogP contribution is 2.43. The number of nitriles is 1. The highest BCUT2D eigenvalue weighted by Gasteiger charge is 2.33. The molecule has 0 aliphatic rings. The van der Waals surface area contributed by atoms with Crippen molar-refractivity contribution in [1.82, 2.24) is 0 Å². The Morgan fingerprint density at radius 1 is 0.605 bits per heavy atom. The lowest BCUT2D eigenvalue weighted by molar-refractivity contribution is 0.438. The van der Waals surface area contributed by atoms with Crippen LogP contribution in [0, 0.1) is 22.5 Å². The highest BCUT2D eigenvalue weighted by atomic mass is 32.2. The predicted molar refractivity (Wildman–Crippen MR) is 167 cm³/mol. The molecule has 0 fully saturated rings. The zero-order valence-electron chi connectivity index (χ0n) is 25.2. The maximum atomic E-state index is 9.44. The lowest BCUT2D eigenvalue weighted by Gasteiger charge is -2.32. The van der Waals surface area contributed by atoms with E-state index in [4.69, 9.17) is 5.73 Å². The second kappa shape index (κ2) is 13.7. The van der Waals surface area contributed by atoms with Gasteiger partial charge >= 0.3 is 0 Å². The van der Waals surface area contributed by atoms with Crippen LogP contribution in [0.1, 0.15) is 123 Å². The van der Waals surface area contributed by atoms with Crippen molar-refractivity contribution in [2.24, 2.45) is 5.73 Å². The molecule has 0 heterocycles. The molecule has 0 saturated heterocycles. The minimum absolute atomic E-state index is 0.158. The van der Waals surface area contributed by atoms with Crippen LogP contribution in [0.5, 0.6) is 0 Å². The zero-order chi connectivity index (χ0) is 28.5. The molecule has 206 valence electrons. The van der Waals surface area contributed by atoms with Gasteiger partial charge < -0.3 is 5.73 Å². The summed E-state index contributed by atoms with van der Waals surface area (Å²) >= 11 is 1.39. The smallest absolute Gasteiger partial charge is 0.134 e. The fourth-order valence-corrected chi connectivity index (χ4v) is 6.43. The summed E-state index contributed by atoms with van der Waals surface area (Å²) in [5.41, 5.74) is 11.2. The van der Waals surface area contributed by atoms with Gasteiger partial charge in [-0.25, -0.2) is 0 Å². The monoisotopic (exact) mass is 530 g/mol. The molecule has 0 spiro atoms. The Hall–Kier alpha value is -2.20. The number of thiocyanates is 1. The van der Waals surface area contributed by atoms with Crippen LogP contribution < -0.4 is 5.73 Å². The Morgan fingerprint density at radius 3 is 1.37 bits per heavy atom. The second-order valence-corrected chi connectivity index (χ2v) is 12.2. The van der Waals surface area contributed by atoms with E-state index in [-0.39, 0.29) is 21.0 Å². The van der Waals surface area contributed by atoms with E-state index >= 15 is 0 Å². The quantitative estimate of drug-likeness (QED) is 0.207. The summed E-state index contributed by atoms with van der Waals surface area (Å²) < 4.78 is -0.158. The summed E-state index contributed by atoms with van der Waals surface area (Å²) in [4.78, 5) is 0. The van der Waals surface area contributed by atoms with Crippen molar-refractivity contribution in [3.8, 4) is 17.2 Å². The molecule has 0 aliphatic carbocycles. The third-order valence-electron chi connectivity index (χ3n) is 9.74. The molecule has 2 N–H and O–H groups in total. The molecule has 0 aliphatic heterocycles. The molecule has 1 unspecified atom stereocenters. The number of nitrogens with two attached hydrogens (primary N) is 1. The van der Waals surface area contributed by atoms with E-state index in [0.29, 0.717) is 6.54 Å². The van der Waals surface area contributed by atoms with Crippen molar-refractivity contribution in [3.05, 3.63) is 70.8 Å². The Balaban J connectivity index is 2.55. The Labute approximate surface area is 238 Å². The first kappa shape index (κ1) is 32.0. The molecule has 2 nitrogen and oxygen atoms in total. The van der Waals surface area contributed by atoms with Gasteiger partial charge in [0.15, 0.2) is 0 Å². The average Bonchev–Trinajstić information content (AvgIpc) is 2.99. The number of rotatable bonds is 13. The highest BCUT2D eigenvalue weighted by molar-refractivity contribution is 8.04. The summed E-state index contributed by atoms with van der Waals surface area (Å²) in [5.74, 6) is 7.52. The first-order valence-corrected chi connectivity index (χ1v) is 15.5. The van der Waals surface area contributed by atoms with E-state index in [1.807, 2.05) is 0 Å². The van der Waals surface area contributed by atoms with Crippen molar-refractivity contribution in [3.63, 3.8) is 0 Å². The molecular formula is C35H50N2S. The second-order valence-electron chi connectivity index (χ2n) is 11.0. The number of hydrogen-bond acceptors (Lipinski definition) is 3. The molecule has 0 aromatic heterocycles. The Bertz CT molecular complexity index is 1100. The van der Waals surface area contributed by atoms with Gasteiger partial charge in [0.1, 0.15) is 5.40 Å². The first-order chi connectivity index (χ1) is 18.2. The zero-order valence-corrected chi connectivity index (χ0v) is 26.0. The molecule has 1 atom stereocenters. The van der Waals surface area contributed by atoms with Gasteiger partial charge in [0.25, 0.3) is 0 Å². The van der Waals surface area contributed by atoms with Crippen LogP contribution in [0.2, 0.25) is 0 Å². The van der Waals surface area contributed by atoms with Gasteiger partial charge in [-0.05, 0) is 84.4 Å². The standard InChI is InChI=1S/C35H50N2S/c1-9-32(8,10-2)28-16-18-30(19-17-28)34(13-5,26-36)25-24-33(11-3,12-4)29-20-22-31(23-21-29)35(14-6,15-7)38-27-37/h16-23H,9-15,26,36H2,1-8H3. The van der Waals surface area contributed by atoms with Crippen LogP contribution in [0.25, 0.3) is 0 Å². The maximum Gasteiger partial charge on any atom is 0.134 e. The van der Waals surface area contributed by atoms with Gasteiger partial charge in [-0.15, -0.1) is 0 Å². The number of thioether (sulfide) groups is 1. The Morgan fingerprint density at radius 2 is 1.00 bits per heavy atom. The fourth-order valence-electron chi connectivity index (χ4n) is 5.72. The van der Waals surface area contributed by atoms with Crippen LogP contribution in [0.3, 0.4) is 0 Å². The lowest BCUT2D eigenvalue weighted by Crippen LogP contribution is -2.34. The normalized spacial score (nSPS) is 13.8. The molecule has 3 heteroatoms. The van der Waals surface area contributed by atoms with Crippen molar-refractivity contribution >= 4 is 11.8 Å². The maximum absolute atomic E-state index is 9.44. The summed E-state index contributed by atoms with van der Waals surface area (Å²) in [6.45, 7) is 18.4. The van der Waals surface area contributed by atoms with Crippen LogP contribution >= 0.6 is 11.8 Å². The van der Waals surface area contributed by atoms with Gasteiger partial charge in [0, 0.05) is 6.54 Å². The average molecular weight is 531 g/mol. The van der Waals surface area contributed by atoms with Gasteiger partial charge in [-0.1, -0.05) is 116 Å². The van der Waals surface area contributed by atoms with Gasteiger partial charge in [0.2, 0.25) is 0 Å². The summed E-state index contributed by atoms with van der Waals surface area (Å²) in [6.07, 6.45) is 6.85. The third-order valence-corrected chi connectivity index (χ3v) is 11.0. The topological polar surface area (TPSA) is 49.8 Å². The van der Waals surface area contributed by atoms with Crippen molar-refractivity contribution in [2.45, 2.75) is 121 Å². The fraction of sp³-hybridized carbons (Fsp3) is 0.571. The van der Waals surface area contributed by atoms with Gasteiger partial charge in [-0.2, -0.15) is 5.26 Å². The molecule has 2 aromatic carbocycles. The molecule has 2 aromatic rings. The molecule has 0 bridgehead atoms. The van der Waals surface area contributed by atoms with E-state index in [1.165, 1.54) is 34.0 Å². The minimum Gasteiger partial charge on any atom is -0.329 e. The largest absolute Gasteiger partial charge is 0.329 e. The predicted octanol–water partition coefficient (Wildman–Crippen LogP) is 9.36. The van der Waals surface area contributed by atoms with Crippen LogP contribution in [-0.2, 0) is 21.0 Å². The van der Waals surface area contributed by atoms with E-state index < -0.39 is 0 Å². The summed E-state index contributed by atoms with van der Waals surface area (Å²) in [5, 5.41) is 11.8. The lowest BCUT2D eigenvalue weighted by atomic mass is 9.72. The summed E-state index contributed by atoms with van der Waals surface area (Å²) in [7, 11) is 0. The number of hydrogen-bond donors (Lipinski definition) is 1. The minimum atomic E-state index is -0.369. The molecular weight excluding hydrogens is 480 g/mol. The molecule has 38 heavy (non-hydrogen) atoms. The first-order valence-electron chi connectivity index (χ1n) is 14.7. The Kier molecular flexibility index (Phi) is 11.6. The molecule has 2 rings (SSSR count). The number of nitrogens with zero attached hydrogens (tertiary/aromatic N) is 1. The van der Waals surface area contributed by atoms with Crippen molar-refractivity contribution in [2.75, 3.05) is 6.54 Å².